The van der Waals surface area contributed by atoms with E-state index in [1.54, 1.807) is 0 Å². The summed E-state index contributed by atoms with van der Waals surface area (Å²) in [6.07, 6.45) is 5.15. The van der Waals surface area contributed by atoms with E-state index in [1.165, 1.54) is 16.8 Å². The average Bonchev–Trinajstić information content (AvgIpc) is 3.28. The lowest BCUT2D eigenvalue weighted by atomic mass is 9.97. The van der Waals surface area contributed by atoms with Crippen LogP contribution in [0.2, 0.25) is 0 Å². The van der Waals surface area contributed by atoms with E-state index in [4.69, 9.17) is 5.73 Å². The molecule has 1 fully saturated rings. The van der Waals surface area contributed by atoms with Gasteiger partial charge in [0.15, 0.2) is 0 Å². The Morgan fingerprint density at radius 2 is 2.29 bits per heavy atom. The van der Waals surface area contributed by atoms with Gasteiger partial charge in [-0.25, -0.2) is 0 Å². The molecule has 114 valence electrons. The summed E-state index contributed by atoms with van der Waals surface area (Å²) < 4.78 is 0. The third-order valence-electron chi connectivity index (χ3n) is 4.40. The highest BCUT2D eigenvalue weighted by atomic mass is 16.1. The number of hydrogen-bond acceptors (Lipinski definition) is 3. The minimum Gasteiger partial charge on any atom is -0.371 e. The maximum atomic E-state index is 11.8. The standard InChI is InChI=1S/C17H25N3O/c1-12(18)13-4-7-16-14(11-13)3-2-9-20(16)10-8-17(21)19-15-5-6-15/h4,7,11-12,15H,2-3,5-6,8-10,18H2,1H3,(H,19,21). The zero-order valence-corrected chi connectivity index (χ0v) is 12.8. The number of aryl methyl sites for hydroxylation is 1. The van der Waals surface area contributed by atoms with E-state index in [2.05, 4.69) is 28.4 Å². The molecule has 0 bridgehead atoms. The molecule has 1 amide bonds. The van der Waals surface area contributed by atoms with Crippen LogP contribution < -0.4 is 16.0 Å². The zero-order chi connectivity index (χ0) is 14.8. The molecule has 4 nitrogen and oxygen atoms in total. The zero-order valence-electron chi connectivity index (χ0n) is 12.8. The van der Waals surface area contributed by atoms with Crippen molar-refractivity contribution < 1.29 is 4.79 Å². The van der Waals surface area contributed by atoms with Gasteiger partial charge in [-0.1, -0.05) is 12.1 Å². The van der Waals surface area contributed by atoms with Gasteiger partial charge in [-0.15, -0.1) is 0 Å². The molecular weight excluding hydrogens is 262 g/mol. The van der Waals surface area contributed by atoms with Gasteiger partial charge in [-0.3, -0.25) is 4.79 Å². The Kier molecular flexibility index (Phi) is 4.15. The molecule has 1 aromatic carbocycles. The number of carbonyl (C=O) groups excluding carboxylic acids is 1. The molecule has 1 aliphatic carbocycles. The highest BCUT2D eigenvalue weighted by Gasteiger charge is 2.24. The van der Waals surface area contributed by atoms with E-state index >= 15 is 0 Å². The van der Waals surface area contributed by atoms with Crippen LogP contribution in [0.25, 0.3) is 0 Å². The fourth-order valence-corrected chi connectivity index (χ4v) is 2.97. The molecule has 3 rings (SSSR count). The summed E-state index contributed by atoms with van der Waals surface area (Å²) in [6, 6.07) is 7.06. The van der Waals surface area contributed by atoms with Gasteiger partial charge in [0.25, 0.3) is 0 Å². The van der Waals surface area contributed by atoms with E-state index in [1.807, 2.05) is 6.92 Å². The number of nitrogens with one attached hydrogen (secondary N) is 1. The van der Waals surface area contributed by atoms with Gasteiger partial charge >= 0.3 is 0 Å². The third kappa shape index (κ3) is 3.56. The van der Waals surface area contributed by atoms with Crippen molar-refractivity contribution in [3.63, 3.8) is 0 Å². The number of anilines is 1. The quantitative estimate of drug-likeness (QED) is 0.872. The fraction of sp³-hybridized carbons (Fsp3) is 0.588. The van der Waals surface area contributed by atoms with E-state index in [0.717, 1.165) is 38.8 Å². The molecule has 1 heterocycles. The van der Waals surface area contributed by atoms with Crippen molar-refractivity contribution in [2.24, 2.45) is 5.73 Å². The lowest BCUT2D eigenvalue weighted by Crippen LogP contribution is -2.34. The van der Waals surface area contributed by atoms with Crippen LogP contribution in [0, 0.1) is 0 Å². The minimum atomic E-state index is 0.0787. The van der Waals surface area contributed by atoms with Gasteiger partial charge in [-0.05, 0) is 49.8 Å². The van der Waals surface area contributed by atoms with E-state index in [9.17, 15) is 4.79 Å². The first-order chi connectivity index (χ1) is 10.1. The van der Waals surface area contributed by atoms with E-state index < -0.39 is 0 Å². The first-order valence-corrected chi connectivity index (χ1v) is 8.06. The fourth-order valence-electron chi connectivity index (χ4n) is 2.97. The Bertz CT molecular complexity index is 523. The maximum Gasteiger partial charge on any atom is 0.221 e. The number of rotatable bonds is 5. The van der Waals surface area contributed by atoms with Crippen LogP contribution in [0.15, 0.2) is 18.2 Å². The normalized spacial score (nSPS) is 19.0. The Hall–Kier alpha value is -1.55. The molecule has 3 N–H and O–H groups in total. The summed E-state index contributed by atoms with van der Waals surface area (Å²) in [5.74, 6) is 0.192. The first kappa shape index (κ1) is 14.4. The number of hydrogen-bond donors (Lipinski definition) is 2. The lowest BCUT2D eigenvalue weighted by Gasteiger charge is -2.31. The molecular formula is C17H25N3O. The number of nitrogens with zero attached hydrogens (tertiary/aromatic N) is 1. The number of carbonyl (C=O) groups is 1. The lowest BCUT2D eigenvalue weighted by molar-refractivity contribution is -0.121. The summed E-state index contributed by atoms with van der Waals surface area (Å²) in [4.78, 5) is 14.2. The van der Waals surface area contributed by atoms with Crippen molar-refractivity contribution in [1.29, 1.82) is 0 Å². The molecule has 1 atom stereocenters. The van der Waals surface area contributed by atoms with Crippen molar-refractivity contribution in [2.45, 2.75) is 51.1 Å². The largest absolute Gasteiger partial charge is 0.371 e. The molecule has 1 aliphatic heterocycles. The van der Waals surface area contributed by atoms with Gasteiger partial charge in [0.2, 0.25) is 5.91 Å². The highest BCUT2D eigenvalue weighted by Crippen LogP contribution is 2.29. The van der Waals surface area contributed by atoms with Crippen LogP contribution in [0.5, 0.6) is 0 Å². The first-order valence-electron chi connectivity index (χ1n) is 8.06. The summed E-state index contributed by atoms with van der Waals surface area (Å²) in [6.45, 7) is 3.87. The van der Waals surface area contributed by atoms with Gasteiger partial charge in [0.05, 0.1) is 0 Å². The average molecular weight is 287 g/mol. The molecule has 0 spiro atoms. The van der Waals surface area contributed by atoms with Crippen molar-refractivity contribution in [3.8, 4) is 0 Å². The monoisotopic (exact) mass is 287 g/mol. The molecule has 1 aromatic rings. The Morgan fingerprint density at radius 1 is 1.48 bits per heavy atom. The van der Waals surface area contributed by atoms with Crippen LogP contribution in [0.1, 0.15) is 49.8 Å². The van der Waals surface area contributed by atoms with Gasteiger partial charge in [-0.2, -0.15) is 0 Å². The molecule has 0 aromatic heterocycles. The van der Waals surface area contributed by atoms with Crippen LogP contribution in [0.4, 0.5) is 5.69 Å². The van der Waals surface area contributed by atoms with Gasteiger partial charge in [0, 0.05) is 37.3 Å². The maximum absolute atomic E-state index is 11.8. The number of amides is 1. The second-order valence-corrected chi connectivity index (χ2v) is 6.36. The molecule has 21 heavy (non-hydrogen) atoms. The smallest absolute Gasteiger partial charge is 0.221 e. The summed E-state index contributed by atoms with van der Waals surface area (Å²) in [5, 5.41) is 3.06. The van der Waals surface area contributed by atoms with Crippen LogP contribution in [-0.2, 0) is 11.2 Å². The van der Waals surface area contributed by atoms with Gasteiger partial charge in [0.1, 0.15) is 0 Å². The van der Waals surface area contributed by atoms with E-state index in [0.29, 0.717) is 12.5 Å². The number of benzene rings is 1. The van der Waals surface area contributed by atoms with E-state index in [-0.39, 0.29) is 11.9 Å². The predicted molar refractivity (Wildman–Crippen MR) is 85.4 cm³/mol. The summed E-state index contributed by atoms with van der Waals surface area (Å²) in [5.41, 5.74) is 9.82. The topological polar surface area (TPSA) is 58.4 Å². The molecule has 2 aliphatic rings. The van der Waals surface area contributed by atoms with Crippen LogP contribution >= 0.6 is 0 Å². The van der Waals surface area contributed by atoms with Crippen molar-refractivity contribution >= 4 is 11.6 Å². The Labute approximate surface area is 126 Å². The second-order valence-electron chi connectivity index (χ2n) is 6.36. The number of fused-ring (bicyclic) bond motifs is 1. The summed E-state index contributed by atoms with van der Waals surface area (Å²) in [7, 11) is 0. The molecule has 4 heteroatoms. The number of nitrogens with two attached hydrogens (primary N) is 1. The summed E-state index contributed by atoms with van der Waals surface area (Å²) >= 11 is 0. The predicted octanol–water partition coefficient (Wildman–Crippen LogP) is 2.13. The highest BCUT2D eigenvalue weighted by molar-refractivity contribution is 5.77. The van der Waals surface area contributed by atoms with Crippen molar-refractivity contribution in [2.75, 3.05) is 18.0 Å². The minimum absolute atomic E-state index is 0.0787. The third-order valence-corrected chi connectivity index (χ3v) is 4.40. The van der Waals surface area contributed by atoms with Gasteiger partial charge < -0.3 is 16.0 Å². The van der Waals surface area contributed by atoms with Crippen molar-refractivity contribution in [3.05, 3.63) is 29.3 Å². The van der Waals surface area contributed by atoms with Crippen LogP contribution in [0.3, 0.4) is 0 Å². The molecule has 0 saturated heterocycles. The SMILES string of the molecule is CC(N)c1ccc2c(c1)CCCN2CCC(=O)NC1CC1. The second kappa shape index (κ2) is 6.06. The van der Waals surface area contributed by atoms with Crippen molar-refractivity contribution in [1.82, 2.24) is 5.32 Å². The Balaban J connectivity index is 1.64. The Morgan fingerprint density at radius 3 is 3.00 bits per heavy atom. The van der Waals surface area contributed by atoms with Crippen LogP contribution in [-0.4, -0.2) is 25.0 Å². The molecule has 1 unspecified atom stereocenters. The molecule has 0 radical (unpaired) electrons. The molecule has 1 saturated carbocycles.